The van der Waals surface area contributed by atoms with E-state index >= 15 is 0 Å². The molecule has 0 aromatic heterocycles. The van der Waals surface area contributed by atoms with Gasteiger partial charge in [0.05, 0.1) is 0 Å². The Balaban J connectivity index is 1.49. The molecule has 0 aromatic rings. The van der Waals surface area contributed by atoms with E-state index in [4.69, 9.17) is 0 Å². The highest BCUT2D eigenvalue weighted by Gasteiger charge is 2.60. The van der Waals surface area contributed by atoms with Crippen LogP contribution < -0.4 is 5.43 Å². The molecule has 3 aliphatic rings. The Hall–Kier alpha value is -0.860. The zero-order valence-electron chi connectivity index (χ0n) is 9.80. The van der Waals surface area contributed by atoms with E-state index in [1.807, 2.05) is 0 Å². The van der Waals surface area contributed by atoms with E-state index in [9.17, 15) is 4.79 Å². The third kappa shape index (κ3) is 1.76. The second-order valence-electron chi connectivity index (χ2n) is 5.69. The lowest BCUT2D eigenvalue weighted by atomic mass is 9.80. The van der Waals surface area contributed by atoms with E-state index in [0.717, 1.165) is 19.3 Å². The van der Waals surface area contributed by atoms with Crippen LogP contribution in [0.25, 0.3) is 0 Å². The summed E-state index contributed by atoms with van der Waals surface area (Å²) in [5, 5.41) is 4.29. The number of nitrogens with one attached hydrogen (secondary N) is 1. The molecule has 3 rings (SSSR count). The smallest absolute Gasteiger partial charge is 0.243 e. The molecule has 3 fully saturated rings. The SMILES string of the molecule is O=C(NN=C1CCCCC1)[C@@H]1CC12CCC2. The highest BCUT2D eigenvalue weighted by atomic mass is 16.2. The molecule has 88 valence electrons. The van der Waals surface area contributed by atoms with Crippen LogP contribution in [0.3, 0.4) is 0 Å². The molecule has 3 heteroatoms. The van der Waals surface area contributed by atoms with E-state index in [2.05, 4.69) is 10.5 Å². The van der Waals surface area contributed by atoms with Gasteiger partial charge in [0.15, 0.2) is 0 Å². The maximum atomic E-state index is 11.8. The fraction of sp³-hybridized carbons (Fsp3) is 0.846. The van der Waals surface area contributed by atoms with Crippen molar-refractivity contribution in [3.05, 3.63) is 0 Å². The molecular formula is C13H20N2O. The minimum Gasteiger partial charge on any atom is -0.273 e. The Morgan fingerprint density at radius 1 is 1.19 bits per heavy atom. The van der Waals surface area contributed by atoms with Gasteiger partial charge in [-0.25, -0.2) is 5.43 Å². The van der Waals surface area contributed by atoms with Gasteiger partial charge in [-0.1, -0.05) is 12.8 Å². The lowest BCUT2D eigenvalue weighted by Crippen LogP contribution is -2.27. The number of hydrazone groups is 1. The fourth-order valence-corrected chi connectivity index (χ4v) is 3.19. The van der Waals surface area contributed by atoms with Crippen LogP contribution in [0.1, 0.15) is 57.8 Å². The average molecular weight is 220 g/mol. The number of hydrogen-bond donors (Lipinski definition) is 1. The summed E-state index contributed by atoms with van der Waals surface area (Å²) in [6.45, 7) is 0. The summed E-state index contributed by atoms with van der Waals surface area (Å²) in [6.07, 6.45) is 10.9. The lowest BCUT2D eigenvalue weighted by molar-refractivity contribution is -0.123. The first-order chi connectivity index (χ1) is 7.80. The van der Waals surface area contributed by atoms with Crippen LogP contribution in [0.5, 0.6) is 0 Å². The van der Waals surface area contributed by atoms with Crippen LogP contribution in [-0.2, 0) is 4.79 Å². The van der Waals surface area contributed by atoms with Crippen LogP contribution in [0.4, 0.5) is 0 Å². The van der Waals surface area contributed by atoms with Gasteiger partial charge >= 0.3 is 0 Å². The largest absolute Gasteiger partial charge is 0.273 e. The highest BCUT2D eigenvalue weighted by Crippen LogP contribution is 2.65. The van der Waals surface area contributed by atoms with Gasteiger partial charge in [0.2, 0.25) is 5.91 Å². The Morgan fingerprint density at radius 3 is 2.50 bits per heavy atom. The average Bonchev–Trinajstić information content (AvgIpc) is 3.02. The molecule has 3 saturated carbocycles. The third-order valence-electron chi connectivity index (χ3n) is 4.61. The monoisotopic (exact) mass is 220 g/mol. The van der Waals surface area contributed by atoms with Gasteiger partial charge in [-0.05, 0) is 50.4 Å². The fourth-order valence-electron chi connectivity index (χ4n) is 3.19. The Bertz CT molecular complexity index is 323. The molecule has 0 radical (unpaired) electrons. The number of amides is 1. The maximum absolute atomic E-state index is 11.8. The quantitative estimate of drug-likeness (QED) is 0.714. The first-order valence-electron chi connectivity index (χ1n) is 6.65. The molecule has 1 spiro atoms. The van der Waals surface area contributed by atoms with Crippen LogP contribution in [0.2, 0.25) is 0 Å². The van der Waals surface area contributed by atoms with Crippen molar-refractivity contribution in [3.8, 4) is 0 Å². The molecule has 0 aromatic carbocycles. The number of rotatable bonds is 2. The normalized spacial score (nSPS) is 30.8. The van der Waals surface area contributed by atoms with E-state index < -0.39 is 0 Å². The van der Waals surface area contributed by atoms with Gasteiger partial charge in [-0.2, -0.15) is 5.10 Å². The molecule has 3 nitrogen and oxygen atoms in total. The summed E-state index contributed by atoms with van der Waals surface area (Å²) in [4.78, 5) is 11.8. The molecule has 1 N–H and O–H groups in total. The molecule has 0 aliphatic heterocycles. The van der Waals surface area contributed by atoms with Crippen molar-refractivity contribution in [1.29, 1.82) is 0 Å². The summed E-state index contributed by atoms with van der Waals surface area (Å²) in [6, 6.07) is 0. The molecule has 0 heterocycles. The van der Waals surface area contributed by atoms with Crippen molar-refractivity contribution in [1.82, 2.24) is 5.43 Å². The van der Waals surface area contributed by atoms with Crippen molar-refractivity contribution in [2.75, 3.05) is 0 Å². The summed E-state index contributed by atoms with van der Waals surface area (Å²) < 4.78 is 0. The van der Waals surface area contributed by atoms with E-state index in [1.165, 1.54) is 44.2 Å². The van der Waals surface area contributed by atoms with Crippen LogP contribution >= 0.6 is 0 Å². The van der Waals surface area contributed by atoms with Crippen LogP contribution in [-0.4, -0.2) is 11.6 Å². The Labute approximate surface area is 96.7 Å². The second-order valence-corrected chi connectivity index (χ2v) is 5.69. The topological polar surface area (TPSA) is 41.5 Å². The molecule has 0 unspecified atom stereocenters. The predicted molar refractivity (Wildman–Crippen MR) is 63.1 cm³/mol. The second kappa shape index (κ2) is 3.86. The van der Waals surface area contributed by atoms with Crippen molar-refractivity contribution in [2.45, 2.75) is 57.8 Å². The van der Waals surface area contributed by atoms with Gasteiger partial charge in [0, 0.05) is 11.6 Å². The summed E-state index contributed by atoms with van der Waals surface area (Å²) in [5.41, 5.74) is 4.41. The molecule has 1 atom stereocenters. The van der Waals surface area contributed by atoms with E-state index in [-0.39, 0.29) is 11.8 Å². The van der Waals surface area contributed by atoms with Crippen molar-refractivity contribution >= 4 is 11.6 Å². The Kier molecular flexibility index (Phi) is 2.49. The van der Waals surface area contributed by atoms with Crippen LogP contribution in [0.15, 0.2) is 5.10 Å². The van der Waals surface area contributed by atoms with Gasteiger partial charge in [-0.3, -0.25) is 4.79 Å². The minimum atomic E-state index is 0.178. The summed E-state index contributed by atoms with van der Waals surface area (Å²) in [7, 11) is 0. The highest BCUT2D eigenvalue weighted by molar-refractivity contribution is 5.88. The van der Waals surface area contributed by atoms with Crippen molar-refractivity contribution in [3.63, 3.8) is 0 Å². The predicted octanol–water partition coefficient (Wildman–Crippen LogP) is 2.61. The van der Waals surface area contributed by atoms with Gasteiger partial charge < -0.3 is 0 Å². The van der Waals surface area contributed by atoms with Crippen LogP contribution in [0, 0.1) is 11.3 Å². The molecule has 0 bridgehead atoms. The first kappa shape index (κ1) is 10.3. The minimum absolute atomic E-state index is 0.178. The van der Waals surface area contributed by atoms with E-state index in [1.54, 1.807) is 0 Å². The van der Waals surface area contributed by atoms with Gasteiger partial charge in [-0.15, -0.1) is 0 Å². The third-order valence-corrected chi connectivity index (χ3v) is 4.61. The number of carbonyl (C=O) groups is 1. The Morgan fingerprint density at radius 2 is 1.94 bits per heavy atom. The summed E-state index contributed by atoms with van der Waals surface area (Å²) >= 11 is 0. The van der Waals surface area contributed by atoms with Crippen molar-refractivity contribution < 1.29 is 4.79 Å². The van der Waals surface area contributed by atoms with Crippen molar-refractivity contribution in [2.24, 2.45) is 16.4 Å². The molecule has 0 saturated heterocycles. The first-order valence-corrected chi connectivity index (χ1v) is 6.65. The zero-order chi connectivity index (χ0) is 11.0. The molecule has 3 aliphatic carbocycles. The summed E-state index contributed by atoms with van der Waals surface area (Å²) in [5.74, 6) is 0.465. The number of carbonyl (C=O) groups excluding carboxylic acids is 1. The number of hydrogen-bond acceptors (Lipinski definition) is 2. The standard InChI is InChI=1S/C13H20N2O/c16-12(11-9-13(11)7-4-8-13)15-14-10-5-2-1-3-6-10/h11H,1-9H2,(H,15,16)/t11-/m0/s1. The molecular weight excluding hydrogens is 200 g/mol. The maximum Gasteiger partial charge on any atom is 0.243 e. The lowest BCUT2D eigenvalue weighted by Gasteiger charge is -2.26. The van der Waals surface area contributed by atoms with Gasteiger partial charge in [0.1, 0.15) is 0 Å². The zero-order valence-corrected chi connectivity index (χ0v) is 9.80. The molecule has 16 heavy (non-hydrogen) atoms. The number of nitrogens with zero attached hydrogens (tertiary/aromatic N) is 1. The van der Waals surface area contributed by atoms with E-state index in [0.29, 0.717) is 5.41 Å². The molecule has 1 amide bonds. The van der Waals surface area contributed by atoms with Gasteiger partial charge in [0.25, 0.3) is 0 Å².